The van der Waals surface area contributed by atoms with E-state index < -0.39 is 11.7 Å². The van der Waals surface area contributed by atoms with E-state index in [1.807, 2.05) is 9.80 Å². The van der Waals surface area contributed by atoms with Gasteiger partial charge in [-0.05, 0) is 13.0 Å². The summed E-state index contributed by atoms with van der Waals surface area (Å²) in [6, 6.07) is 2.59. The van der Waals surface area contributed by atoms with Crippen molar-refractivity contribution in [2.24, 2.45) is 0 Å². The predicted molar refractivity (Wildman–Crippen MR) is 90.5 cm³/mol. The number of anilines is 2. The molecule has 134 valence electrons. The van der Waals surface area contributed by atoms with Crippen LogP contribution in [0.5, 0.6) is 0 Å². The van der Waals surface area contributed by atoms with Crippen molar-refractivity contribution in [2.75, 3.05) is 36.0 Å². The van der Waals surface area contributed by atoms with Crippen LogP contribution in [0.4, 0.5) is 24.8 Å². The summed E-state index contributed by atoms with van der Waals surface area (Å²) in [4.78, 5) is 16.2. The maximum Gasteiger partial charge on any atom is 0.417 e. The summed E-state index contributed by atoms with van der Waals surface area (Å²) in [7, 11) is 0. The molecule has 0 aromatic carbocycles. The summed E-state index contributed by atoms with van der Waals surface area (Å²) in [6.07, 6.45) is -3.65. The Balaban J connectivity index is 1.72. The fourth-order valence-electron chi connectivity index (χ4n) is 2.64. The molecule has 0 saturated carbocycles. The molecular formula is C15H14Cl2F3N5. The normalized spacial score (nSPS) is 15.6. The summed E-state index contributed by atoms with van der Waals surface area (Å²) in [5, 5.41) is 0.363. The first-order valence-electron chi connectivity index (χ1n) is 7.48. The van der Waals surface area contributed by atoms with Gasteiger partial charge in [-0.1, -0.05) is 23.2 Å². The van der Waals surface area contributed by atoms with E-state index >= 15 is 0 Å². The van der Waals surface area contributed by atoms with Crippen molar-refractivity contribution < 1.29 is 13.2 Å². The highest BCUT2D eigenvalue weighted by Crippen LogP contribution is 2.33. The number of rotatable bonds is 2. The third-order valence-electron chi connectivity index (χ3n) is 3.85. The lowest BCUT2D eigenvalue weighted by molar-refractivity contribution is -0.137. The molecule has 1 fully saturated rings. The zero-order valence-electron chi connectivity index (χ0n) is 13.2. The van der Waals surface area contributed by atoms with Crippen LogP contribution < -0.4 is 9.80 Å². The minimum Gasteiger partial charge on any atom is -0.353 e. The first-order valence-corrected chi connectivity index (χ1v) is 8.23. The van der Waals surface area contributed by atoms with Crippen molar-refractivity contribution >= 4 is 34.8 Å². The Hall–Kier alpha value is -1.80. The average molecular weight is 392 g/mol. The lowest BCUT2D eigenvalue weighted by atomic mass is 10.2. The fourth-order valence-corrected chi connectivity index (χ4v) is 3.15. The lowest BCUT2D eigenvalue weighted by Gasteiger charge is -2.36. The molecule has 1 aliphatic rings. The minimum atomic E-state index is -4.46. The molecule has 10 heteroatoms. The number of aryl methyl sites for hydroxylation is 1. The SMILES string of the molecule is Cc1nc(Cl)cc(N2CCN(c3ncc(C(F)(F)F)cc3Cl)CC2)n1. The van der Waals surface area contributed by atoms with Crippen molar-refractivity contribution in [1.29, 1.82) is 0 Å². The summed E-state index contributed by atoms with van der Waals surface area (Å²) in [5.41, 5.74) is -0.856. The highest BCUT2D eigenvalue weighted by Gasteiger charge is 2.32. The molecule has 25 heavy (non-hydrogen) atoms. The molecule has 2 aromatic rings. The molecule has 0 radical (unpaired) electrons. The monoisotopic (exact) mass is 391 g/mol. The van der Waals surface area contributed by atoms with Gasteiger partial charge in [-0.3, -0.25) is 0 Å². The Labute approximate surface area is 152 Å². The summed E-state index contributed by atoms with van der Waals surface area (Å²) < 4.78 is 38.1. The van der Waals surface area contributed by atoms with Crippen LogP contribution in [-0.2, 0) is 6.18 Å². The van der Waals surface area contributed by atoms with Crippen LogP contribution in [0.3, 0.4) is 0 Å². The summed E-state index contributed by atoms with van der Waals surface area (Å²) >= 11 is 12.0. The molecule has 1 aliphatic heterocycles. The number of pyridine rings is 1. The molecule has 0 unspecified atom stereocenters. The van der Waals surface area contributed by atoms with Crippen molar-refractivity contribution in [2.45, 2.75) is 13.1 Å². The van der Waals surface area contributed by atoms with E-state index in [1.165, 1.54) is 0 Å². The van der Waals surface area contributed by atoms with Crippen molar-refractivity contribution in [3.8, 4) is 0 Å². The molecule has 0 N–H and O–H groups in total. The van der Waals surface area contributed by atoms with Gasteiger partial charge in [-0.2, -0.15) is 13.2 Å². The van der Waals surface area contributed by atoms with E-state index in [1.54, 1.807) is 13.0 Å². The van der Waals surface area contributed by atoms with E-state index in [0.29, 0.717) is 43.0 Å². The molecule has 5 nitrogen and oxygen atoms in total. The van der Waals surface area contributed by atoms with Crippen molar-refractivity contribution in [1.82, 2.24) is 15.0 Å². The van der Waals surface area contributed by atoms with Crippen LogP contribution in [0.1, 0.15) is 11.4 Å². The van der Waals surface area contributed by atoms with E-state index in [4.69, 9.17) is 23.2 Å². The second kappa shape index (κ2) is 6.84. The van der Waals surface area contributed by atoms with Crippen LogP contribution in [-0.4, -0.2) is 41.1 Å². The largest absolute Gasteiger partial charge is 0.417 e. The Morgan fingerprint density at radius 2 is 1.64 bits per heavy atom. The molecule has 0 aliphatic carbocycles. The highest BCUT2D eigenvalue weighted by atomic mass is 35.5. The Morgan fingerprint density at radius 1 is 1.00 bits per heavy atom. The van der Waals surface area contributed by atoms with Gasteiger partial charge < -0.3 is 9.80 Å². The van der Waals surface area contributed by atoms with Gasteiger partial charge in [-0.25, -0.2) is 15.0 Å². The second-order valence-electron chi connectivity index (χ2n) is 5.60. The Kier molecular flexibility index (Phi) is 4.92. The first kappa shape index (κ1) is 18.0. The number of alkyl halides is 3. The van der Waals surface area contributed by atoms with Gasteiger partial charge in [0.25, 0.3) is 0 Å². The molecule has 0 atom stereocenters. The van der Waals surface area contributed by atoms with Gasteiger partial charge in [0.05, 0.1) is 10.6 Å². The van der Waals surface area contributed by atoms with E-state index in [0.717, 1.165) is 18.1 Å². The van der Waals surface area contributed by atoms with Gasteiger partial charge in [0, 0.05) is 38.4 Å². The molecule has 0 bridgehead atoms. The third kappa shape index (κ3) is 4.07. The third-order valence-corrected chi connectivity index (χ3v) is 4.32. The maximum absolute atomic E-state index is 12.7. The number of aromatic nitrogens is 3. The zero-order chi connectivity index (χ0) is 18.2. The van der Waals surface area contributed by atoms with Gasteiger partial charge in [0.1, 0.15) is 22.6 Å². The predicted octanol–water partition coefficient (Wildman–Crippen LogP) is 3.83. The van der Waals surface area contributed by atoms with E-state index in [2.05, 4.69) is 15.0 Å². The first-order chi connectivity index (χ1) is 11.7. The molecule has 1 saturated heterocycles. The standard InChI is InChI=1S/C15H14Cl2F3N5/c1-9-22-12(17)7-13(23-9)24-2-4-25(5-3-24)14-11(16)6-10(8-21-14)15(18,19)20/h6-8H,2-5H2,1H3. The van der Waals surface area contributed by atoms with Crippen LogP contribution in [0.2, 0.25) is 10.2 Å². The Bertz CT molecular complexity index is 756. The smallest absolute Gasteiger partial charge is 0.353 e. The van der Waals surface area contributed by atoms with Crippen LogP contribution >= 0.6 is 23.2 Å². The second-order valence-corrected chi connectivity index (χ2v) is 6.39. The summed E-state index contributed by atoms with van der Waals surface area (Å²) in [6.45, 7) is 4.10. The number of piperazine rings is 1. The lowest BCUT2D eigenvalue weighted by Crippen LogP contribution is -2.47. The topological polar surface area (TPSA) is 45.2 Å². The van der Waals surface area contributed by atoms with Crippen molar-refractivity contribution in [3.05, 3.63) is 39.9 Å². The number of hydrogen-bond acceptors (Lipinski definition) is 5. The van der Waals surface area contributed by atoms with Crippen LogP contribution in [0, 0.1) is 6.92 Å². The maximum atomic E-state index is 12.7. The molecule has 0 spiro atoms. The number of nitrogens with zero attached hydrogens (tertiary/aromatic N) is 5. The fraction of sp³-hybridized carbons (Fsp3) is 0.400. The molecular weight excluding hydrogens is 378 g/mol. The van der Waals surface area contributed by atoms with Crippen LogP contribution in [0.25, 0.3) is 0 Å². The summed E-state index contributed by atoms with van der Waals surface area (Å²) in [5.74, 6) is 1.66. The molecule has 3 heterocycles. The Morgan fingerprint density at radius 3 is 2.20 bits per heavy atom. The van der Waals surface area contributed by atoms with Crippen LogP contribution in [0.15, 0.2) is 18.3 Å². The van der Waals surface area contributed by atoms with E-state index in [-0.39, 0.29) is 5.02 Å². The van der Waals surface area contributed by atoms with Crippen molar-refractivity contribution in [3.63, 3.8) is 0 Å². The number of hydrogen-bond donors (Lipinski definition) is 0. The van der Waals surface area contributed by atoms with E-state index in [9.17, 15) is 13.2 Å². The van der Waals surface area contributed by atoms with Gasteiger partial charge in [0.2, 0.25) is 0 Å². The van der Waals surface area contributed by atoms with Gasteiger partial charge >= 0.3 is 6.18 Å². The van der Waals surface area contributed by atoms with Gasteiger partial charge in [0.15, 0.2) is 0 Å². The quantitative estimate of drug-likeness (QED) is 0.727. The number of halogens is 5. The molecule has 3 rings (SSSR count). The minimum absolute atomic E-state index is 0.01000. The molecule has 2 aromatic heterocycles. The van der Waals surface area contributed by atoms with Gasteiger partial charge in [-0.15, -0.1) is 0 Å². The highest BCUT2D eigenvalue weighted by molar-refractivity contribution is 6.33. The average Bonchev–Trinajstić information content (AvgIpc) is 2.53. The zero-order valence-corrected chi connectivity index (χ0v) is 14.7. The molecule has 0 amide bonds.